The zero-order valence-electron chi connectivity index (χ0n) is 11.1. The topological polar surface area (TPSA) is 20.3 Å². The molecule has 1 aromatic carbocycles. The molecule has 2 nitrogen and oxygen atoms in total. The fourth-order valence-corrected chi connectivity index (χ4v) is 2.51. The predicted molar refractivity (Wildman–Crippen MR) is 72.8 cm³/mol. The van der Waals surface area contributed by atoms with E-state index in [1.165, 1.54) is 31.2 Å². The van der Waals surface area contributed by atoms with E-state index in [4.69, 9.17) is 0 Å². The maximum absolute atomic E-state index is 12.3. The number of aryl methyl sites for hydroxylation is 1. The van der Waals surface area contributed by atoms with Gasteiger partial charge in [-0.15, -0.1) is 0 Å². The normalized spacial score (nSPS) is 19.2. The van der Waals surface area contributed by atoms with E-state index in [0.29, 0.717) is 12.6 Å². The van der Waals surface area contributed by atoms with Gasteiger partial charge in [0.1, 0.15) is 0 Å². The lowest BCUT2D eigenvalue weighted by molar-refractivity contribution is 0.0921. The van der Waals surface area contributed by atoms with Crippen LogP contribution in [0.5, 0.6) is 0 Å². The van der Waals surface area contributed by atoms with Gasteiger partial charge in [-0.3, -0.25) is 9.69 Å². The molecule has 0 saturated heterocycles. The van der Waals surface area contributed by atoms with Crippen LogP contribution in [0.3, 0.4) is 0 Å². The lowest BCUT2D eigenvalue weighted by Gasteiger charge is -2.20. The summed E-state index contributed by atoms with van der Waals surface area (Å²) in [6.07, 6.45) is 5.30. The molecule has 0 aromatic heterocycles. The molecule has 0 aliphatic heterocycles. The number of benzene rings is 1. The third-order valence-corrected chi connectivity index (χ3v) is 3.94. The zero-order valence-corrected chi connectivity index (χ0v) is 11.1. The fourth-order valence-electron chi connectivity index (χ4n) is 2.51. The molecule has 0 amide bonds. The Kier molecular flexibility index (Phi) is 3.21. The molecule has 96 valence electrons. The monoisotopic (exact) mass is 243 g/mol. The van der Waals surface area contributed by atoms with Gasteiger partial charge in [-0.1, -0.05) is 23.8 Å². The smallest absolute Gasteiger partial charge is 0.176 e. The first-order valence-corrected chi connectivity index (χ1v) is 7.06. The summed E-state index contributed by atoms with van der Waals surface area (Å²) in [6.45, 7) is 3.80. The molecule has 0 radical (unpaired) electrons. The number of carbonyl (C=O) groups excluding carboxylic acids is 1. The van der Waals surface area contributed by atoms with E-state index in [1.54, 1.807) is 0 Å². The van der Waals surface area contributed by atoms with Gasteiger partial charge in [0.25, 0.3) is 0 Å². The van der Waals surface area contributed by atoms with E-state index in [9.17, 15) is 4.79 Å². The molecule has 18 heavy (non-hydrogen) atoms. The number of ketones is 1. The quantitative estimate of drug-likeness (QED) is 0.716. The van der Waals surface area contributed by atoms with Crippen LogP contribution < -0.4 is 0 Å². The van der Waals surface area contributed by atoms with Crippen LogP contribution in [-0.4, -0.2) is 29.8 Å². The van der Waals surface area contributed by atoms with E-state index in [-0.39, 0.29) is 5.78 Å². The van der Waals surface area contributed by atoms with E-state index >= 15 is 0 Å². The maximum atomic E-state index is 12.3. The molecule has 2 heteroatoms. The molecule has 3 rings (SSSR count). The summed E-state index contributed by atoms with van der Waals surface area (Å²) in [5.41, 5.74) is 2.04. The molecule has 2 fully saturated rings. The van der Waals surface area contributed by atoms with E-state index < -0.39 is 0 Å². The minimum absolute atomic E-state index is 0.284. The van der Waals surface area contributed by atoms with Gasteiger partial charge in [-0.05, 0) is 44.6 Å². The molecule has 0 bridgehead atoms. The highest BCUT2D eigenvalue weighted by Crippen LogP contribution is 2.34. The second-order valence-corrected chi connectivity index (χ2v) is 5.90. The van der Waals surface area contributed by atoms with Crippen LogP contribution in [0.2, 0.25) is 0 Å². The van der Waals surface area contributed by atoms with E-state index in [1.807, 2.05) is 31.2 Å². The zero-order chi connectivity index (χ0) is 12.5. The molecule has 2 aliphatic carbocycles. The van der Waals surface area contributed by atoms with Crippen molar-refractivity contribution in [1.82, 2.24) is 4.90 Å². The Morgan fingerprint density at radius 1 is 1.28 bits per heavy atom. The Balaban J connectivity index is 1.64. The van der Waals surface area contributed by atoms with Gasteiger partial charge < -0.3 is 0 Å². The Morgan fingerprint density at radius 3 is 2.67 bits per heavy atom. The maximum Gasteiger partial charge on any atom is 0.176 e. The number of hydrogen-bond acceptors (Lipinski definition) is 2. The summed E-state index contributed by atoms with van der Waals surface area (Å²) in [7, 11) is 0. The molecular formula is C16H21NO. The third kappa shape index (κ3) is 2.99. The van der Waals surface area contributed by atoms with Gasteiger partial charge >= 0.3 is 0 Å². The molecular weight excluding hydrogens is 222 g/mol. The van der Waals surface area contributed by atoms with E-state index in [0.717, 1.165) is 18.0 Å². The van der Waals surface area contributed by atoms with Crippen molar-refractivity contribution in [3.63, 3.8) is 0 Å². The number of carbonyl (C=O) groups is 1. The van der Waals surface area contributed by atoms with Crippen LogP contribution in [0.15, 0.2) is 24.3 Å². The lowest BCUT2D eigenvalue weighted by atomic mass is 10.1. The molecule has 0 N–H and O–H groups in total. The average molecular weight is 243 g/mol. The summed E-state index contributed by atoms with van der Waals surface area (Å²) in [5, 5.41) is 0. The Morgan fingerprint density at radius 2 is 2.06 bits per heavy atom. The molecule has 1 aromatic rings. The summed E-state index contributed by atoms with van der Waals surface area (Å²) in [6, 6.07) is 8.66. The highest BCUT2D eigenvalue weighted by Gasteiger charge is 2.34. The molecule has 0 spiro atoms. The Bertz CT molecular complexity index is 446. The summed E-state index contributed by atoms with van der Waals surface area (Å²) >= 11 is 0. The lowest BCUT2D eigenvalue weighted by Crippen LogP contribution is -2.33. The first-order chi connectivity index (χ1) is 8.72. The minimum Gasteiger partial charge on any atom is -0.293 e. The SMILES string of the molecule is Cc1cccc(C(=O)CN(CC2CC2)C2CC2)c1. The number of Topliss-reactive ketones (excluding diaryl/α,β-unsaturated/α-hetero) is 1. The van der Waals surface area contributed by atoms with Crippen molar-refractivity contribution in [1.29, 1.82) is 0 Å². The molecule has 0 heterocycles. The Hall–Kier alpha value is -1.15. The van der Waals surface area contributed by atoms with Crippen molar-refractivity contribution in [3.8, 4) is 0 Å². The molecule has 2 aliphatic rings. The standard InChI is InChI=1S/C16H21NO/c1-12-3-2-4-14(9-12)16(18)11-17(15-7-8-15)10-13-5-6-13/h2-4,9,13,15H,5-8,10-11H2,1H3. The second kappa shape index (κ2) is 4.85. The van der Waals surface area contributed by atoms with Gasteiger partial charge in [0.15, 0.2) is 5.78 Å². The van der Waals surface area contributed by atoms with Gasteiger partial charge in [0, 0.05) is 18.2 Å². The Labute approximate surface area is 109 Å². The van der Waals surface area contributed by atoms with Crippen molar-refractivity contribution in [2.45, 2.75) is 38.6 Å². The molecule has 0 unspecified atom stereocenters. The van der Waals surface area contributed by atoms with Crippen LogP contribution in [-0.2, 0) is 0 Å². The predicted octanol–water partition coefficient (Wildman–Crippen LogP) is 3.05. The highest BCUT2D eigenvalue weighted by atomic mass is 16.1. The second-order valence-electron chi connectivity index (χ2n) is 5.90. The van der Waals surface area contributed by atoms with Crippen LogP contribution in [0.25, 0.3) is 0 Å². The fraction of sp³-hybridized carbons (Fsp3) is 0.562. The van der Waals surface area contributed by atoms with Crippen LogP contribution >= 0.6 is 0 Å². The first-order valence-electron chi connectivity index (χ1n) is 7.06. The van der Waals surface area contributed by atoms with Crippen LogP contribution in [0.4, 0.5) is 0 Å². The number of hydrogen-bond donors (Lipinski definition) is 0. The number of nitrogens with zero attached hydrogens (tertiary/aromatic N) is 1. The van der Waals surface area contributed by atoms with Gasteiger partial charge in [0.05, 0.1) is 6.54 Å². The van der Waals surface area contributed by atoms with E-state index in [2.05, 4.69) is 4.90 Å². The number of rotatable bonds is 6. The van der Waals surface area contributed by atoms with Gasteiger partial charge in [0.2, 0.25) is 0 Å². The molecule has 2 saturated carbocycles. The molecule has 0 atom stereocenters. The van der Waals surface area contributed by atoms with Crippen LogP contribution in [0.1, 0.15) is 41.6 Å². The van der Waals surface area contributed by atoms with Crippen molar-refractivity contribution >= 4 is 5.78 Å². The summed E-state index contributed by atoms with van der Waals surface area (Å²) in [4.78, 5) is 14.7. The van der Waals surface area contributed by atoms with Crippen LogP contribution in [0, 0.1) is 12.8 Å². The van der Waals surface area contributed by atoms with Crippen molar-refractivity contribution in [2.24, 2.45) is 5.92 Å². The van der Waals surface area contributed by atoms with Gasteiger partial charge in [-0.25, -0.2) is 0 Å². The largest absolute Gasteiger partial charge is 0.293 e. The van der Waals surface area contributed by atoms with Gasteiger partial charge in [-0.2, -0.15) is 0 Å². The highest BCUT2D eigenvalue weighted by molar-refractivity contribution is 5.97. The van der Waals surface area contributed by atoms with Crippen molar-refractivity contribution in [3.05, 3.63) is 35.4 Å². The third-order valence-electron chi connectivity index (χ3n) is 3.94. The summed E-state index contributed by atoms with van der Waals surface area (Å²) in [5.74, 6) is 1.15. The van der Waals surface area contributed by atoms with Crippen molar-refractivity contribution in [2.75, 3.05) is 13.1 Å². The van der Waals surface area contributed by atoms with Crippen molar-refractivity contribution < 1.29 is 4.79 Å². The minimum atomic E-state index is 0.284. The summed E-state index contributed by atoms with van der Waals surface area (Å²) < 4.78 is 0. The first kappa shape index (κ1) is 11.9. The average Bonchev–Trinajstić information content (AvgIpc) is 3.21.